The van der Waals surface area contributed by atoms with E-state index in [0.717, 1.165) is 22.0 Å². The van der Waals surface area contributed by atoms with Crippen LogP contribution in [-0.4, -0.2) is 56.2 Å². The first-order chi connectivity index (χ1) is 17.6. The van der Waals surface area contributed by atoms with Crippen LogP contribution in [0.25, 0.3) is 10.9 Å². The number of fused-ring (bicyclic) bond motifs is 1. The number of benzene rings is 3. The molecule has 7 heteroatoms. The number of piperazine rings is 1. The van der Waals surface area contributed by atoms with Crippen molar-refractivity contribution in [3.8, 4) is 11.5 Å². The van der Waals surface area contributed by atoms with Crippen molar-refractivity contribution in [3.63, 3.8) is 0 Å². The molecule has 1 amide bonds. The topological polar surface area (TPSA) is 57.8 Å². The van der Waals surface area contributed by atoms with Crippen LogP contribution in [0.4, 0.5) is 10.1 Å². The summed E-state index contributed by atoms with van der Waals surface area (Å²) in [6, 6.07) is 20.7. The molecule has 0 spiro atoms. The summed E-state index contributed by atoms with van der Waals surface area (Å²) in [4.78, 5) is 20.8. The number of H-pyrrole nitrogens is 1. The molecular weight excluding hydrogens is 457 g/mol. The molecule has 1 unspecified atom stereocenters. The lowest BCUT2D eigenvalue weighted by Crippen LogP contribution is -2.49. The number of carbonyl (C=O) groups excluding carboxylic acids is 1. The highest BCUT2D eigenvalue weighted by Crippen LogP contribution is 2.37. The van der Waals surface area contributed by atoms with Crippen LogP contribution in [0.15, 0.2) is 72.9 Å². The van der Waals surface area contributed by atoms with Gasteiger partial charge in [0.25, 0.3) is 0 Å². The van der Waals surface area contributed by atoms with Gasteiger partial charge in [-0.15, -0.1) is 0 Å². The first kappa shape index (κ1) is 23.7. The molecule has 6 nitrogen and oxygen atoms in total. The Hall–Kier alpha value is -4.00. The van der Waals surface area contributed by atoms with Crippen LogP contribution in [0.5, 0.6) is 11.5 Å². The van der Waals surface area contributed by atoms with Crippen molar-refractivity contribution in [2.75, 3.05) is 45.3 Å². The molecule has 0 aliphatic carbocycles. The van der Waals surface area contributed by atoms with Crippen LogP contribution in [0.1, 0.15) is 23.5 Å². The van der Waals surface area contributed by atoms with Gasteiger partial charge in [0.05, 0.1) is 19.9 Å². The number of para-hydroxylation sites is 2. The molecule has 1 fully saturated rings. The molecule has 0 radical (unpaired) electrons. The first-order valence-corrected chi connectivity index (χ1v) is 12.1. The molecule has 1 saturated heterocycles. The summed E-state index contributed by atoms with van der Waals surface area (Å²) in [5, 5.41) is 1.08. The molecule has 36 heavy (non-hydrogen) atoms. The number of aromatic amines is 1. The minimum absolute atomic E-state index is 0.0697. The number of halogens is 1. The number of amides is 1. The largest absolute Gasteiger partial charge is 0.497 e. The van der Waals surface area contributed by atoms with E-state index in [1.807, 2.05) is 58.5 Å². The van der Waals surface area contributed by atoms with Gasteiger partial charge in [-0.25, -0.2) is 4.39 Å². The maximum absolute atomic E-state index is 14.3. The van der Waals surface area contributed by atoms with Crippen LogP contribution in [-0.2, 0) is 4.79 Å². The molecule has 1 aliphatic rings. The van der Waals surface area contributed by atoms with Crippen LogP contribution >= 0.6 is 0 Å². The fraction of sp³-hybridized carbons (Fsp3) is 0.276. The van der Waals surface area contributed by atoms with Crippen molar-refractivity contribution in [3.05, 3.63) is 89.9 Å². The third-order valence-electron chi connectivity index (χ3n) is 6.98. The van der Waals surface area contributed by atoms with Gasteiger partial charge in [0.2, 0.25) is 5.91 Å². The van der Waals surface area contributed by atoms with Gasteiger partial charge in [-0.1, -0.05) is 30.3 Å². The number of nitrogens with one attached hydrogen (secondary N) is 1. The third kappa shape index (κ3) is 4.73. The zero-order valence-corrected chi connectivity index (χ0v) is 20.5. The van der Waals surface area contributed by atoms with Crippen molar-refractivity contribution in [1.82, 2.24) is 9.88 Å². The smallest absolute Gasteiger partial charge is 0.223 e. The molecule has 3 aromatic carbocycles. The number of rotatable bonds is 7. The molecule has 1 atom stereocenters. The van der Waals surface area contributed by atoms with Crippen LogP contribution in [0, 0.1) is 5.82 Å². The second-order valence-corrected chi connectivity index (χ2v) is 9.01. The van der Waals surface area contributed by atoms with E-state index in [2.05, 4.69) is 11.1 Å². The molecular formula is C29H30FN3O3. The fourth-order valence-corrected chi connectivity index (χ4v) is 5.03. The number of ether oxygens (including phenoxy) is 2. The van der Waals surface area contributed by atoms with E-state index in [1.165, 1.54) is 6.07 Å². The van der Waals surface area contributed by atoms with Crippen LogP contribution < -0.4 is 14.4 Å². The summed E-state index contributed by atoms with van der Waals surface area (Å²) in [5.41, 5.74) is 3.62. The van der Waals surface area contributed by atoms with Crippen LogP contribution in [0.3, 0.4) is 0 Å². The van der Waals surface area contributed by atoms with E-state index >= 15 is 0 Å². The van der Waals surface area contributed by atoms with Crippen molar-refractivity contribution < 1.29 is 18.7 Å². The summed E-state index contributed by atoms with van der Waals surface area (Å²) >= 11 is 0. The van der Waals surface area contributed by atoms with E-state index in [9.17, 15) is 9.18 Å². The molecule has 186 valence electrons. The highest BCUT2D eigenvalue weighted by Gasteiger charge is 2.28. The lowest BCUT2D eigenvalue weighted by molar-refractivity contribution is -0.131. The van der Waals surface area contributed by atoms with Gasteiger partial charge in [0.1, 0.15) is 17.3 Å². The molecule has 1 aliphatic heterocycles. The Labute approximate surface area is 210 Å². The standard InChI is InChI=1S/C29H30FN3O3/c1-35-21-15-20(16-22(17-21)36-2)24(25-19-31-27-9-5-3-7-23(25)27)18-29(34)33-13-11-32(12-14-33)28-10-6-4-8-26(28)30/h3-10,15-17,19,24,31H,11-14,18H2,1-2H3. The van der Waals surface area contributed by atoms with Gasteiger partial charge >= 0.3 is 0 Å². The second kappa shape index (κ2) is 10.3. The number of anilines is 1. The lowest BCUT2D eigenvalue weighted by atomic mass is 9.87. The highest BCUT2D eigenvalue weighted by atomic mass is 19.1. The quantitative estimate of drug-likeness (QED) is 0.390. The second-order valence-electron chi connectivity index (χ2n) is 9.01. The number of hydrogen-bond donors (Lipinski definition) is 1. The number of nitrogens with zero attached hydrogens (tertiary/aromatic N) is 2. The van der Waals surface area contributed by atoms with Gasteiger partial charge in [-0.3, -0.25) is 4.79 Å². The molecule has 5 rings (SSSR count). The van der Waals surface area contributed by atoms with Gasteiger partial charge in [0, 0.05) is 61.7 Å². The number of carbonyl (C=O) groups is 1. The Kier molecular flexibility index (Phi) is 6.80. The van der Waals surface area contributed by atoms with E-state index in [-0.39, 0.29) is 17.6 Å². The van der Waals surface area contributed by atoms with Gasteiger partial charge in [-0.05, 0) is 41.5 Å². The summed E-state index contributed by atoms with van der Waals surface area (Å²) in [5.74, 6) is 1.01. The summed E-state index contributed by atoms with van der Waals surface area (Å²) < 4.78 is 25.3. The number of methoxy groups -OCH3 is 2. The predicted molar refractivity (Wildman–Crippen MR) is 139 cm³/mol. The average Bonchev–Trinajstić information content (AvgIpc) is 3.35. The maximum Gasteiger partial charge on any atom is 0.223 e. The Morgan fingerprint density at radius 1 is 0.944 bits per heavy atom. The minimum Gasteiger partial charge on any atom is -0.497 e. The van der Waals surface area contributed by atoms with Crippen molar-refractivity contribution in [2.24, 2.45) is 0 Å². The summed E-state index contributed by atoms with van der Waals surface area (Å²) in [7, 11) is 3.25. The normalized spacial score (nSPS) is 14.6. The number of hydrogen-bond acceptors (Lipinski definition) is 4. The van der Waals surface area contributed by atoms with Crippen molar-refractivity contribution in [1.29, 1.82) is 0 Å². The van der Waals surface area contributed by atoms with Crippen molar-refractivity contribution in [2.45, 2.75) is 12.3 Å². The third-order valence-corrected chi connectivity index (χ3v) is 6.98. The fourth-order valence-electron chi connectivity index (χ4n) is 5.03. The van der Waals surface area contributed by atoms with Crippen molar-refractivity contribution >= 4 is 22.5 Å². The molecule has 1 N–H and O–H groups in total. The Morgan fingerprint density at radius 3 is 2.31 bits per heavy atom. The van der Waals surface area contributed by atoms with E-state index < -0.39 is 0 Å². The van der Waals surface area contributed by atoms with E-state index in [0.29, 0.717) is 49.8 Å². The average molecular weight is 488 g/mol. The SMILES string of the molecule is COc1cc(OC)cc(C(CC(=O)N2CCN(c3ccccc3F)CC2)c2c[nH]c3ccccc23)c1. The molecule has 4 aromatic rings. The maximum atomic E-state index is 14.3. The molecule has 0 bridgehead atoms. The lowest BCUT2D eigenvalue weighted by Gasteiger charge is -2.36. The summed E-state index contributed by atoms with van der Waals surface area (Å²) in [6.07, 6.45) is 2.29. The van der Waals surface area contributed by atoms with Crippen LogP contribution in [0.2, 0.25) is 0 Å². The Bertz CT molecular complexity index is 1340. The molecule has 0 saturated carbocycles. The minimum atomic E-state index is -0.233. The number of aromatic nitrogens is 1. The monoisotopic (exact) mass is 487 g/mol. The summed E-state index contributed by atoms with van der Waals surface area (Å²) in [6.45, 7) is 2.29. The molecule has 1 aromatic heterocycles. The van der Waals surface area contributed by atoms with Gasteiger partial charge in [-0.2, -0.15) is 0 Å². The Morgan fingerprint density at radius 2 is 1.61 bits per heavy atom. The first-order valence-electron chi connectivity index (χ1n) is 12.1. The predicted octanol–water partition coefficient (Wildman–Crippen LogP) is 5.20. The zero-order valence-electron chi connectivity index (χ0n) is 20.5. The highest BCUT2D eigenvalue weighted by molar-refractivity contribution is 5.86. The van der Waals surface area contributed by atoms with Gasteiger partial charge in [0.15, 0.2) is 0 Å². The molecule has 2 heterocycles. The Balaban J connectivity index is 1.41. The van der Waals surface area contributed by atoms with Gasteiger partial charge < -0.3 is 24.3 Å². The van der Waals surface area contributed by atoms with E-state index in [4.69, 9.17) is 9.47 Å². The van der Waals surface area contributed by atoms with E-state index in [1.54, 1.807) is 26.4 Å². The zero-order chi connectivity index (χ0) is 25.1.